The Morgan fingerprint density at radius 1 is 1.60 bits per heavy atom. The maximum absolute atomic E-state index is 5.77. The smallest absolute Gasteiger partial charge is 0.273 e. The minimum Gasteiger partial charge on any atom is -0.273 e. The molecule has 1 rings (SSSR count). The molecule has 0 saturated carbocycles. The number of pyridine rings is 1. The molecule has 10 heavy (non-hydrogen) atoms. The van der Waals surface area contributed by atoms with Crippen molar-refractivity contribution in [3.63, 3.8) is 0 Å². The SMILES string of the molecule is CO[n+]1ccc(C)cc1Cl. The second-order valence-electron chi connectivity index (χ2n) is 2.04. The Morgan fingerprint density at radius 2 is 2.30 bits per heavy atom. The molecule has 0 fully saturated rings. The molecule has 0 bridgehead atoms. The van der Waals surface area contributed by atoms with Crippen molar-refractivity contribution in [2.75, 3.05) is 7.11 Å². The molecular formula is C7H9ClNO+. The van der Waals surface area contributed by atoms with Crippen molar-refractivity contribution < 1.29 is 9.57 Å². The highest BCUT2D eigenvalue weighted by atomic mass is 35.5. The summed E-state index contributed by atoms with van der Waals surface area (Å²) < 4.78 is 1.49. The molecule has 54 valence electrons. The third kappa shape index (κ3) is 1.39. The number of aromatic nitrogens is 1. The molecule has 0 atom stereocenters. The van der Waals surface area contributed by atoms with Crippen LogP contribution in [-0.2, 0) is 0 Å². The van der Waals surface area contributed by atoms with E-state index >= 15 is 0 Å². The highest BCUT2D eigenvalue weighted by Gasteiger charge is 2.06. The lowest BCUT2D eigenvalue weighted by atomic mass is 10.3. The first-order chi connectivity index (χ1) is 4.74. The van der Waals surface area contributed by atoms with Gasteiger partial charge in [-0.3, -0.25) is 4.84 Å². The highest BCUT2D eigenvalue weighted by Crippen LogP contribution is 2.02. The molecule has 0 spiro atoms. The topological polar surface area (TPSA) is 13.1 Å². The van der Waals surface area contributed by atoms with E-state index in [0.717, 1.165) is 5.56 Å². The van der Waals surface area contributed by atoms with Crippen LogP contribution in [0.1, 0.15) is 5.56 Å². The molecule has 0 aliphatic carbocycles. The van der Waals surface area contributed by atoms with Crippen LogP contribution in [0.25, 0.3) is 0 Å². The zero-order valence-electron chi connectivity index (χ0n) is 5.97. The van der Waals surface area contributed by atoms with Crippen molar-refractivity contribution in [3.05, 3.63) is 29.0 Å². The molecule has 0 unspecified atom stereocenters. The van der Waals surface area contributed by atoms with Crippen molar-refractivity contribution >= 4 is 11.6 Å². The Labute approximate surface area is 65.0 Å². The molecule has 2 nitrogen and oxygen atoms in total. The summed E-state index contributed by atoms with van der Waals surface area (Å²) in [6.07, 6.45) is 1.78. The molecular weight excluding hydrogens is 150 g/mol. The van der Waals surface area contributed by atoms with E-state index in [0.29, 0.717) is 5.15 Å². The number of rotatable bonds is 1. The third-order valence-corrected chi connectivity index (χ3v) is 1.50. The van der Waals surface area contributed by atoms with E-state index in [1.54, 1.807) is 13.3 Å². The van der Waals surface area contributed by atoms with Crippen LogP contribution in [0.2, 0.25) is 5.15 Å². The Balaban J connectivity index is 3.07. The van der Waals surface area contributed by atoms with Crippen molar-refractivity contribution in [1.29, 1.82) is 0 Å². The van der Waals surface area contributed by atoms with Crippen LogP contribution >= 0.6 is 11.6 Å². The van der Waals surface area contributed by atoms with E-state index in [1.807, 2.05) is 19.1 Å². The van der Waals surface area contributed by atoms with Gasteiger partial charge in [-0.2, -0.15) is 0 Å². The summed E-state index contributed by atoms with van der Waals surface area (Å²) in [5.41, 5.74) is 1.12. The van der Waals surface area contributed by atoms with E-state index < -0.39 is 0 Å². The molecule has 0 aliphatic rings. The van der Waals surface area contributed by atoms with Gasteiger partial charge in [0.2, 0.25) is 6.20 Å². The van der Waals surface area contributed by atoms with Crippen molar-refractivity contribution in [2.24, 2.45) is 0 Å². The molecule has 0 aromatic carbocycles. The predicted molar refractivity (Wildman–Crippen MR) is 38.9 cm³/mol. The van der Waals surface area contributed by atoms with Crippen molar-refractivity contribution in [3.8, 4) is 0 Å². The van der Waals surface area contributed by atoms with Gasteiger partial charge in [0.1, 0.15) is 7.11 Å². The van der Waals surface area contributed by atoms with Gasteiger partial charge in [0.15, 0.2) is 0 Å². The molecule has 0 aliphatic heterocycles. The van der Waals surface area contributed by atoms with Gasteiger partial charge in [-0.25, -0.2) is 0 Å². The fourth-order valence-electron chi connectivity index (χ4n) is 0.704. The summed E-state index contributed by atoms with van der Waals surface area (Å²) in [6, 6.07) is 3.76. The first-order valence-corrected chi connectivity index (χ1v) is 3.34. The number of hydrogen-bond acceptors (Lipinski definition) is 1. The van der Waals surface area contributed by atoms with Crippen molar-refractivity contribution in [2.45, 2.75) is 6.92 Å². The second kappa shape index (κ2) is 2.88. The van der Waals surface area contributed by atoms with Gasteiger partial charge < -0.3 is 0 Å². The van der Waals surface area contributed by atoms with Crippen LogP contribution < -0.4 is 9.57 Å². The number of halogens is 1. The van der Waals surface area contributed by atoms with Crippen LogP contribution in [0.4, 0.5) is 0 Å². The summed E-state index contributed by atoms with van der Waals surface area (Å²) >= 11 is 5.77. The van der Waals surface area contributed by atoms with E-state index in [9.17, 15) is 0 Å². The molecule has 1 heterocycles. The monoisotopic (exact) mass is 158 g/mol. The van der Waals surface area contributed by atoms with Crippen LogP contribution in [0.5, 0.6) is 0 Å². The van der Waals surface area contributed by atoms with Gasteiger partial charge in [0, 0.05) is 16.9 Å². The molecule has 3 heteroatoms. The molecule has 0 N–H and O–H groups in total. The minimum atomic E-state index is 0.586. The first-order valence-electron chi connectivity index (χ1n) is 2.96. The Kier molecular flexibility index (Phi) is 2.12. The molecule has 0 saturated heterocycles. The number of hydrogen-bond donors (Lipinski definition) is 0. The van der Waals surface area contributed by atoms with Crippen molar-refractivity contribution in [1.82, 2.24) is 0 Å². The molecule has 1 aromatic heterocycles. The van der Waals surface area contributed by atoms with E-state index in [2.05, 4.69) is 0 Å². The highest BCUT2D eigenvalue weighted by molar-refractivity contribution is 6.28. The number of aryl methyl sites for hydroxylation is 1. The second-order valence-corrected chi connectivity index (χ2v) is 2.42. The maximum atomic E-state index is 5.77. The third-order valence-electron chi connectivity index (χ3n) is 1.23. The summed E-state index contributed by atoms with van der Waals surface area (Å²) in [5, 5.41) is 0.586. The quantitative estimate of drug-likeness (QED) is 0.439. The van der Waals surface area contributed by atoms with Crippen LogP contribution in [0.3, 0.4) is 0 Å². The van der Waals surface area contributed by atoms with Crippen LogP contribution in [0, 0.1) is 6.92 Å². The summed E-state index contributed by atoms with van der Waals surface area (Å²) in [5.74, 6) is 0. The maximum Gasteiger partial charge on any atom is 0.325 e. The fraction of sp³-hybridized carbons (Fsp3) is 0.286. The minimum absolute atomic E-state index is 0.586. The Morgan fingerprint density at radius 3 is 2.80 bits per heavy atom. The lowest BCUT2D eigenvalue weighted by Crippen LogP contribution is -2.41. The van der Waals surface area contributed by atoms with E-state index in [1.165, 1.54) is 4.73 Å². The lowest BCUT2D eigenvalue weighted by Gasteiger charge is -1.92. The van der Waals surface area contributed by atoms with Gasteiger partial charge in [-0.1, -0.05) is 0 Å². The van der Waals surface area contributed by atoms with Gasteiger partial charge in [-0.05, 0) is 24.1 Å². The normalized spacial score (nSPS) is 9.50. The number of nitrogens with zero attached hydrogens (tertiary/aromatic N) is 1. The summed E-state index contributed by atoms with van der Waals surface area (Å²) in [4.78, 5) is 4.88. The van der Waals surface area contributed by atoms with Gasteiger partial charge >= 0.3 is 5.15 Å². The first kappa shape index (κ1) is 7.35. The zero-order valence-corrected chi connectivity index (χ0v) is 6.72. The fourth-order valence-corrected chi connectivity index (χ4v) is 1.00. The standard InChI is InChI=1S/C7H9ClNO/c1-6-3-4-9(10-2)7(8)5-6/h3-5H,1-2H3/q+1. The van der Waals surface area contributed by atoms with Gasteiger partial charge in [0.05, 0.1) is 0 Å². The molecule has 1 aromatic rings. The van der Waals surface area contributed by atoms with Crippen LogP contribution in [0.15, 0.2) is 18.3 Å². The van der Waals surface area contributed by atoms with E-state index in [-0.39, 0.29) is 0 Å². The Bertz CT molecular complexity index is 237. The Hall–Kier alpha value is -0.760. The lowest BCUT2D eigenvalue weighted by molar-refractivity contribution is -0.883. The summed E-state index contributed by atoms with van der Waals surface area (Å²) in [7, 11) is 1.57. The van der Waals surface area contributed by atoms with Gasteiger partial charge in [0.25, 0.3) is 0 Å². The predicted octanol–water partition coefficient (Wildman–Crippen LogP) is 0.994. The molecule has 0 radical (unpaired) electrons. The molecule has 0 amide bonds. The largest absolute Gasteiger partial charge is 0.325 e. The van der Waals surface area contributed by atoms with Gasteiger partial charge in [-0.15, -0.1) is 0 Å². The average Bonchev–Trinajstić information content (AvgIpc) is 1.88. The summed E-state index contributed by atoms with van der Waals surface area (Å²) in [6.45, 7) is 1.98. The zero-order chi connectivity index (χ0) is 7.56. The van der Waals surface area contributed by atoms with Crippen LogP contribution in [-0.4, -0.2) is 7.11 Å². The average molecular weight is 159 g/mol. The van der Waals surface area contributed by atoms with E-state index in [4.69, 9.17) is 16.4 Å².